The second-order valence-corrected chi connectivity index (χ2v) is 6.05. The maximum absolute atomic E-state index is 11.8. The van der Waals surface area contributed by atoms with E-state index < -0.39 is 11.4 Å². The first-order valence-electron chi connectivity index (χ1n) is 6.37. The van der Waals surface area contributed by atoms with Gasteiger partial charge in [0.15, 0.2) is 5.78 Å². The first-order valence-corrected chi connectivity index (χ1v) is 6.37. The molecule has 0 aromatic carbocycles. The van der Waals surface area contributed by atoms with Gasteiger partial charge in [0.05, 0.1) is 5.41 Å². The van der Waals surface area contributed by atoms with Gasteiger partial charge in [-0.15, -0.1) is 0 Å². The monoisotopic (exact) mass is 263 g/mol. The lowest BCUT2D eigenvalue weighted by Gasteiger charge is -2.16. The van der Waals surface area contributed by atoms with Crippen molar-refractivity contribution in [3.05, 3.63) is 23.3 Å². The van der Waals surface area contributed by atoms with Gasteiger partial charge in [-0.1, -0.05) is 19.0 Å². The van der Waals surface area contributed by atoms with Crippen molar-refractivity contribution in [3.8, 4) is 0 Å². The molecule has 0 radical (unpaired) electrons. The van der Waals surface area contributed by atoms with E-state index in [9.17, 15) is 9.59 Å². The van der Waals surface area contributed by atoms with Crippen molar-refractivity contribution in [2.45, 2.75) is 41.5 Å². The van der Waals surface area contributed by atoms with Crippen molar-refractivity contribution in [2.24, 2.45) is 16.5 Å². The van der Waals surface area contributed by atoms with Gasteiger partial charge in [-0.3, -0.25) is 4.79 Å². The molecule has 0 aliphatic heterocycles. The normalized spacial score (nSPS) is 18.5. The third-order valence-corrected chi connectivity index (χ3v) is 2.79. The summed E-state index contributed by atoms with van der Waals surface area (Å²) in [5.74, 6) is -0.293. The Morgan fingerprint density at radius 2 is 1.84 bits per heavy atom. The minimum atomic E-state index is -0.600. The zero-order chi connectivity index (χ0) is 14.8. The zero-order valence-electron chi connectivity index (χ0n) is 12.4. The van der Waals surface area contributed by atoms with Crippen molar-refractivity contribution in [3.63, 3.8) is 0 Å². The smallest absolute Gasteiger partial charge is 0.317 e. The van der Waals surface area contributed by atoms with Crippen molar-refractivity contribution < 1.29 is 14.4 Å². The van der Waals surface area contributed by atoms with Crippen molar-refractivity contribution >= 4 is 17.5 Å². The van der Waals surface area contributed by atoms with Crippen molar-refractivity contribution in [2.75, 3.05) is 0 Å². The predicted octanol–water partition coefficient (Wildman–Crippen LogP) is 3.04. The minimum Gasteiger partial charge on any atom is -0.317 e. The van der Waals surface area contributed by atoms with Crippen molar-refractivity contribution in [1.29, 1.82) is 0 Å². The Labute approximate surface area is 114 Å². The molecule has 1 rings (SSSR count). The maximum atomic E-state index is 11.8. The number of carbonyl (C=O) groups excluding carboxylic acids is 2. The van der Waals surface area contributed by atoms with Crippen LogP contribution in [0.3, 0.4) is 0 Å². The van der Waals surface area contributed by atoms with Crippen LogP contribution in [0.5, 0.6) is 0 Å². The molecule has 104 valence electrons. The highest BCUT2D eigenvalue weighted by Crippen LogP contribution is 2.20. The highest BCUT2D eigenvalue weighted by molar-refractivity contribution is 6.21. The fourth-order valence-electron chi connectivity index (χ4n) is 1.46. The van der Waals surface area contributed by atoms with E-state index in [4.69, 9.17) is 4.84 Å². The van der Waals surface area contributed by atoms with E-state index in [2.05, 4.69) is 5.16 Å². The van der Waals surface area contributed by atoms with E-state index in [1.807, 2.05) is 13.8 Å². The summed E-state index contributed by atoms with van der Waals surface area (Å²) in [6.45, 7) is 10.9. The third kappa shape index (κ3) is 3.88. The number of ketones is 1. The average molecular weight is 263 g/mol. The Morgan fingerprint density at radius 1 is 1.26 bits per heavy atom. The van der Waals surface area contributed by atoms with E-state index in [-0.39, 0.29) is 11.7 Å². The molecule has 19 heavy (non-hydrogen) atoms. The van der Waals surface area contributed by atoms with Crippen LogP contribution in [0.1, 0.15) is 41.5 Å². The third-order valence-electron chi connectivity index (χ3n) is 2.79. The summed E-state index contributed by atoms with van der Waals surface area (Å²) in [6, 6.07) is 0. The summed E-state index contributed by atoms with van der Waals surface area (Å²) in [4.78, 5) is 28.4. The maximum Gasteiger partial charge on any atom is 0.340 e. The van der Waals surface area contributed by atoms with Crippen LogP contribution in [0, 0.1) is 11.3 Å². The van der Waals surface area contributed by atoms with Gasteiger partial charge >= 0.3 is 5.97 Å². The number of rotatable bonds is 2. The molecule has 0 unspecified atom stereocenters. The van der Waals surface area contributed by atoms with E-state index in [0.29, 0.717) is 16.9 Å². The van der Waals surface area contributed by atoms with Crippen LogP contribution in [0.2, 0.25) is 0 Å². The fourth-order valence-corrected chi connectivity index (χ4v) is 1.46. The first-order chi connectivity index (χ1) is 8.62. The average Bonchev–Trinajstić information content (AvgIpc) is 2.25. The van der Waals surface area contributed by atoms with Crippen LogP contribution >= 0.6 is 0 Å². The molecule has 0 aromatic heterocycles. The molecule has 0 amide bonds. The number of carbonyl (C=O) groups is 2. The molecule has 0 aromatic rings. The largest absolute Gasteiger partial charge is 0.340 e. The lowest BCUT2D eigenvalue weighted by Crippen LogP contribution is -2.22. The van der Waals surface area contributed by atoms with Crippen LogP contribution in [0.25, 0.3) is 0 Å². The molecule has 0 fully saturated rings. The Bertz CT molecular complexity index is 488. The van der Waals surface area contributed by atoms with Gasteiger partial charge in [-0.05, 0) is 51.3 Å². The molecule has 0 atom stereocenters. The van der Waals surface area contributed by atoms with Gasteiger partial charge in [-0.2, -0.15) is 0 Å². The molecule has 0 saturated carbocycles. The molecule has 4 nitrogen and oxygen atoms in total. The lowest BCUT2D eigenvalue weighted by atomic mass is 9.90. The number of hydrogen-bond acceptors (Lipinski definition) is 4. The highest BCUT2D eigenvalue weighted by atomic mass is 16.7. The Morgan fingerprint density at radius 3 is 2.32 bits per heavy atom. The first kappa shape index (κ1) is 15.3. The Balaban J connectivity index is 2.96. The van der Waals surface area contributed by atoms with E-state index in [1.165, 1.54) is 6.08 Å². The summed E-state index contributed by atoms with van der Waals surface area (Å²) < 4.78 is 0. The molecule has 0 N–H and O–H groups in total. The zero-order valence-corrected chi connectivity index (χ0v) is 12.4. The van der Waals surface area contributed by atoms with Gasteiger partial charge in [-0.25, -0.2) is 4.79 Å². The van der Waals surface area contributed by atoms with Crippen LogP contribution < -0.4 is 0 Å². The van der Waals surface area contributed by atoms with E-state index in [0.717, 1.165) is 0 Å². The SMILES string of the molecule is CC1=CC(=O)C(C(C)C)=CC1=NOC(=O)C(C)(C)C. The molecule has 0 spiro atoms. The topological polar surface area (TPSA) is 55.7 Å². The number of nitrogens with zero attached hydrogens (tertiary/aromatic N) is 1. The molecule has 0 saturated heterocycles. The molecule has 0 heterocycles. The molecule has 1 aliphatic rings. The lowest BCUT2D eigenvalue weighted by molar-refractivity contribution is -0.152. The second-order valence-electron chi connectivity index (χ2n) is 6.05. The fraction of sp³-hybridized carbons (Fsp3) is 0.533. The molecule has 4 heteroatoms. The van der Waals surface area contributed by atoms with Gasteiger partial charge in [0, 0.05) is 5.57 Å². The van der Waals surface area contributed by atoms with Crippen LogP contribution in [0.15, 0.2) is 28.5 Å². The van der Waals surface area contributed by atoms with Crippen molar-refractivity contribution in [1.82, 2.24) is 0 Å². The van der Waals surface area contributed by atoms with Gasteiger partial charge in [0.25, 0.3) is 0 Å². The molecular formula is C15H21NO3. The highest BCUT2D eigenvalue weighted by Gasteiger charge is 2.24. The standard InChI is InChI=1S/C15H21NO3/c1-9(2)11-8-12(10(3)7-13(11)17)16-19-14(18)15(4,5)6/h7-9H,1-6H3. The van der Waals surface area contributed by atoms with Gasteiger partial charge in [0.1, 0.15) is 5.71 Å². The summed E-state index contributed by atoms with van der Waals surface area (Å²) in [7, 11) is 0. The van der Waals surface area contributed by atoms with Gasteiger partial charge in [0.2, 0.25) is 0 Å². The predicted molar refractivity (Wildman–Crippen MR) is 74.7 cm³/mol. The van der Waals surface area contributed by atoms with E-state index >= 15 is 0 Å². The number of oxime groups is 1. The quantitative estimate of drug-likeness (QED) is 0.437. The Hall–Kier alpha value is -1.71. The van der Waals surface area contributed by atoms with Crippen LogP contribution in [0.4, 0.5) is 0 Å². The van der Waals surface area contributed by atoms with E-state index in [1.54, 1.807) is 33.8 Å². The molecule has 1 aliphatic carbocycles. The molecular weight excluding hydrogens is 242 g/mol. The second kappa shape index (κ2) is 5.51. The summed E-state index contributed by atoms with van der Waals surface area (Å²) in [5, 5.41) is 3.87. The summed E-state index contributed by atoms with van der Waals surface area (Å²) in [6.07, 6.45) is 3.22. The number of allylic oxidation sites excluding steroid dienone is 4. The minimum absolute atomic E-state index is 0.00593. The Kier molecular flexibility index (Phi) is 4.45. The summed E-state index contributed by atoms with van der Waals surface area (Å²) >= 11 is 0. The summed E-state index contributed by atoms with van der Waals surface area (Å²) in [5.41, 5.74) is 1.31. The van der Waals surface area contributed by atoms with Crippen LogP contribution in [-0.4, -0.2) is 17.5 Å². The molecule has 0 bridgehead atoms. The van der Waals surface area contributed by atoms with Gasteiger partial charge < -0.3 is 4.84 Å². The van der Waals surface area contributed by atoms with Crippen LogP contribution in [-0.2, 0) is 14.4 Å². The number of hydrogen-bond donors (Lipinski definition) is 0.